The second kappa shape index (κ2) is 15.1. The lowest BCUT2D eigenvalue weighted by atomic mass is 9.89. The van der Waals surface area contributed by atoms with Crippen LogP contribution in [0.5, 0.6) is 0 Å². The smallest absolute Gasteiger partial charge is 0.407 e. The minimum Gasteiger partial charge on any atom is -0.444 e. The highest BCUT2D eigenvalue weighted by molar-refractivity contribution is 5.96. The van der Waals surface area contributed by atoms with E-state index < -0.39 is 17.6 Å². The number of aryl methyl sites for hydroxylation is 1. The first kappa shape index (κ1) is 34.7. The number of piperazine rings is 1. The van der Waals surface area contributed by atoms with E-state index in [1.165, 1.54) is 31.6 Å². The van der Waals surface area contributed by atoms with Gasteiger partial charge in [-0.05, 0) is 84.2 Å². The molecule has 0 bridgehead atoms. The van der Waals surface area contributed by atoms with Crippen molar-refractivity contribution in [1.82, 2.24) is 25.1 Å². The van der Waals surface area contributed by atoms with Crippen LogP contribution in [-0.4, -0.2) is 109 Å². The zero-order chi connectivity index (χ0) is 33.7. The van der Waals surface area contributed by atoms with Crippen LogP contribution in [0.2, 0.25) is 0 Å². The minimum absolute atomic E-state index is 0.0113. The van der Waals surface area contributed by atoms with Gasteiger partial charge in [0.05, 0.1) is 17.8 Å². The minimum atomic E-state index is -0.633. The van der Waals surface area contributed by atoms with Crippen molar-refractivity contribution < 1.29 is 14.3 Å². The lowest BCUT2D eigenvalue weighted by molar-refractivity contribution is 0.0485. The number of carbonyl (C=O) groups excluding carboxylic acids is 2. The van der Waals surface area contributed by atoms with Crippen LogP contribution in [-0.2, 0) is 11.2 Å². The molecule has 1 aromatic carbocycles. The molecule has 2 aliphatic heterocycles. The number of primary amides is 1. The molecule has 3 fully saturated rings. The average Bonchev–Trinajstić information content (AvgIpc) is 3.04. The van der Waals surface area contributed by atoms with Gasteiger partial charge in [-0.1, -0.05) is 19.8 Å². The number of benzene rings is 1. The van der Waals surface area contributed by atoms with E-state index in [0.29, 0.717) is 29.8 Å². The molecule has 1 saturated carbocycles. The number of piperidine rings is 1. The summed E-state index contributed by atoms with van der Waals surface area (Å²) in [5, 5.41) is 6.44. The molecule has 258 valence electrons. The second-order valence-electron chi connectivity index (χ2n) is 14.4. The molecule has 1 aromatic heterocycles. The predicted molar refractivity (Wildman–Crippen MR) is 188 cm³/mol. The van der Waals surface area contributed by atoms with Crippen molar-refractivity contribution in [1.29, 1.82) is 0 Å². The number of hydrogen-bond donors (Lipinski definition) is 3. The number of alkyl carbamates (subject to hydrolysis) is 1. The van der Waals surface area contributed by atoms with Gasteiger partial charge in [-0.3, -0.25) is 9.69 Å². The standard InChI is InChI=1S/C35H55N9O3/c1-7-27-33(42(6)29-11-9-8-10-28(29)39-34(46)47-35(2,3)4)40-32(30(38-27)31(36)45)37-24-12-14-25(15-13-24)43-18-16-26(17-19-43)44-22-20-41(5)21-23-44/h12-15,26,28-29H,7-11,16-23H2,1-6H3,(H2,36,45)(H,37,40)(H,39,46)/t28-,29+/m0/s1. The van der Waals surface area contributed by atoms with Gasteiger partial charge in [0, 0.05) is 63.7 Å². The molecule has 2 aromatic rings. The third kappa shape index (κ3) is 8.84. The number of hydrogen-bond acceptors (Lipinski definition) is 10. The highest BCUT2D eigenvalue weighted by Gasteiger charge is 2.33. The normalized spacial score (nSPS) is 21.7. The third-order valence-corrected chi connectivity index (χ3v) is 9.79. The van der Waals surface area contributed by atoms with Gasteiger partial charge in [-0.2, -0.15) is 0 Å². The van der Waals surface area contributed by atoms with E-state index in [2.05, 4.69) is 49.4 Å². The summed E-state index contributed by atoms with van der Waals surface area (Å²) in [6, 6.07) is 8.84. The average molecular weight is 650 g/mol. The number of rotatable bonds is 9. The number of anilines is 4. The van der Waals surface area contributed by atoms with Crippen LogP contribution >= 0.6 is 0 Å². The van der Waals surface area contributed by atoms with Crippen LogP contribution in [0, 0.1) is 0 Å². The van der Waals surface area contributed by atoms with Gasteiger partial charge in [0.25, 0.3) is 5.91 Å². The summed E-state index contributed by atoms with van der Waals surface area (Å²) in [6.07, 6.45) is 6.30. The Balaban J connectivity index is 1.29. The van der Waals surface area contributed by atoms with Gasteiger partial charge in [0.2, 0.25) is 0 Å². The summed E-state index contributed by atoms with van der Waals surface area (Å²) >= 11 is 0. The Bertz CT molecular complexity index is 1360. The number of nitrogens with two attached hydrogens (primary N) is 1. The van der Waals surface area contributed by atoms with E-state index >= 15 is 0 Å². The van der Waals surface area contributed by atoms with Gasteiger partial charge in [-0.15, -0.1) is 0 Å². The molecule has 12 nitrogen and oxygen atoms in total. The molecule has 3 heterocycles. The monoisotopic (exact) mass is 649 g/mol. The first-order valence-electron chi connectivity index (χ1n) is 17.4. The van der Waals surface area contributed by atoms with Crippen LogP contribution in [0.15, 0.2) is 24.3 Å². The Morgan fingerprint density at radius 1 is 0.979 bits per heavy atom. The van der Waals surface area contributed by atoms with Gasteiger partial charge in [0.15, 0.2) is 17.3 Å². The van der Waals surface area contributed by atoms with Crippen LogP contribution in [0.1, 0.15) is 82.4 Å². The molecule has 0 unspecified atom stereocenters. The molecule has 2 atom stereocenters. The van der Waals surface area contributed by atoms with Gasteiger partial charge in [0.1, 0.15) is 5.60 Å². The summed E-state index contributed by atoms with van der Waals surface area (Å²) < 4.78 is 5.56. The summed E-state index contributed by atoms with van der Waals surface area (Å²) in [4.78, 5) is 44.6. The maximum atomic E-state index is 12.7. The molecular formula is C35H55N9O3. The van der Waals surface area contributed by atoms with Crippen LogP contribution in [0.4, 0.5) is 27.8 Å². The Morgan fingerprint density at radius 3 is 2.26 bits per heavy atom. The largest absolute Gasteiger partial charge is 0.444 e. The number of aromatic nitrogens is 2. The highest BCUT2D eigenvalue weighted by Crippen LogP contribution is 2.31. The molecular weight excluding hydrogens is 594 g/mol. The summed E-state index contributed by atoms with van der Waals surface area (Å²) in [5.74, 6) is 0.360. The van der Waals surface area contributed by atoms with Crippen LogP contribution in [0.25, 0.3) is 0 Å². The molecule has 5 rings (SSSR count). The molecule has 2 amide bonds. The Morgan fingerprint density at radius 2 is 1.64 bits per heavy atom. The van der Waals surface area contributed by atoms with E-state index in [9.17, 15) is 9.59 Å². The van der Waals surface area contributed by atoms with Crippen molar-refractivity contribution >= 4 is 35.0 Å². The number of likely N-dealkylation sites (N-methyl/N-ethyl adjacent to an activating group) is 2. The van der Waals surface area contributed by atoms with Crippen molar-refractivity contribution in [2.75, 3.05) is 68.5 Å². The molecule has 0 radical (unpaired) electrons. The SMILES string of the molecule is CCc1nc(C(N)=O)c(Nc2ccc(N3CCC(N4CCN(C)CC4)CC3)cc2)nc1N(C)[C@@H]1CCCC[C@@H]1NC(=O)OC(C)(C)C. The lowest BCUT2D eigenvalue weighted by Crippen LogP contribution is -2.53. The molecule has 3 aliphatic rings. The van der Waals surface area contributed by atoms with E-state index in [0.717, 1.165) is 57.5 Å². The van der Waals surface area contributed by atoms with E-state index in [1.54, 1.807) is 0 Å². The van der Waals surface area contributed by atoms with Crippen LogP contribution < -0.4 is 26.2 Å². The van der Waals surface area contributed by atoms with Crippen LogP contribution in [0.3, 0.4) is 0 Å². The first-order valence-corrected chi connectivity index (χ1v) is 17.4. The highest BCUT2D eigenvalue weighted by atomic mass is 16.6. The topological polar surface area (TPSA) is 132 Å². The fourth-order valence-electron chi connectivity index (χ4n) is 7.17. The van der Waals surface area contributed by atoms with Crippen molar-refractivity contribution in [3.63, 3.8) is 0 Å². The predicted octanol–water partition coefficient (Wildman–Crippen LogP) is 4.37. The van der Waals surface area contributed by atoms with Gasteiger partial charge < -0.3 is 35.8 Å². The maximum Gasteiger partial charge on any atom is 0.407 e. The van der Waals surface area contributed by atoms with Gasteiger partial charge in [-0.25, -0.2) is 14.8 Å². The van der Waals surface area contributed by atoms with Crippen molar-refractivity contribution in [3.05, 3.63) is 35.7 Å². The quantitative estimate of drug-likeness (QED) is 0.360. The molecule has 12 heteroatoms. The molecule has 0 spiro atoms. The third-order valence-electron chi connectivity index (χ3n) is 9.79. The Hall–Kier alpha value is -3.64. The molecule has 47 heavy (non-hydrogen) atoms. The maximum absolute atomic E-state index is 12.7. The fraction of sp³-hybridized carbons (Fsp3) is 0.657. The Kier molecular flexibility index (Phi) is 11.1. The van der Waals surface area contributed by atoms with Gasteiger partial charge >= 0.3 is 6.09 Å². The zero-order valence-electron chi connectivity index (χ0n) is 29.2. The number of carbonyl (C=O) groups is 2. The first-order chi connectivity index (χ1) is 22.4. The summed E-state index contributed by atoms with van der Waals surface area (Å²) in [6.45, 7) is 14.3. The van der Waals surface area contributed by atoms with E-state index in [-0.39, 0.29) is 17.8 Å². The van der Waals surface area contributed by atoms with Crippen molar-refractivity contribution in [2.24, 2.45) is 5.73 Å². The lowest BCUT2D eigenvalue weighted by Gasteiger charge is -2.42. The van der Waals surface area contributed by atoms with Crippen molar-refractivity contribution in [3.8, 4) is 0 Å². The fourth-order valence-corrected chi connectivity index (χ4v) is 7.17. The second-order valence-corrected chi connectivity index (χ2v) is 14.4. The molecule has 4 N–H and O–H groups in total. The van der Waals surface area contributed by atoms with E-state index in [4.69, 9.17) is 20.4 Å². The number of ether oxygens (including phenoxy) is 1. The van der Waals surface area contributed by atoms with E-state index in [1.807, 2.05) is 46.9 Å². The number of nitrogens with zero attached hydrogens (tertiary/aromatic N) is 6. The Labute approximate surface area is 280 Å². The summed E-state index contributed by atoms with van der Waals surface area (Å²) in [5.41, 5.74) is 8.03. The zero-order valence-corrected chi connectivity index (χ0v) is 29.2. The molecule has 2 saturated heterocycles. The number of nitrogens with one attached hydrogen (secondary N) is 2. The van der Waals surface area contributed by atoms with Crippen molar-refractivity contribution in [2.45, 2.75) is 96.4 Å². The number of amides is 2. The summed E-state index contributed by atoms with van der Waals surface area (Å²) in [7, 11) is 4.19. The molecule has 1 aliphatic carbocycles.